The Labute approximate surface area is 154 Å². The van der Waals surface area contributed by atoms with Crippen molar-refractivity contribution in [3.63, 3.8) is 0 Å². The van der Waals surface area contributed by atoms with Crippen LogP contribution in [0.5, 0.6) is 5.75 Å². The average molecular weight is 361 g/mol. The smallest absolute Gasteiger partial charge is 0.280 e. The van der Waals surface area contributed by atoms with Gasteiger partial charge < -0.3 is 9.67 Å². The van der Waals surface area contributed by atoms with Gasteiger partial charge in [-0.25, -0.2) is 4.68 Å². The summed E-state index contributed by atoms with van der Waals surface area (Å²) in [6.07, 6.45) is 0.629. The predicted molar refractivity (Wildman–Crippen MR) is 105 cm³/mol. The molecule has 0 bridgehead atoms. The van der Waals surface area contributed by atoms with Gasteiger partial charge in [0, 0.05) is 18.3 Å². The van der Waals surface area contributed by atoms with Crippen molar-refractivity contribution in [2.24, 2.45) is 0 Å². The molecule has 6 heteroatoms. The fourth-order valence-corrected chi connectivity index (χ4v) is 3.35. The zero-order valence-corrected chi connectivity index (χ0v) is 14.8. The van der Waals surface area contributed by atoms with Gasteiger partial charge in [-0.05, 0) is 43.2 Å². The van der Waals surface area contributed by atoms with Crippen molar-refractivity contribution >= 4 is 10.9 Å². The first-order valence-corrected chi connectivity index (χ1v) is 8.73. The number of hydrogen-bond donors (Lipinski definition) is 2. The summed E-state index contributed by atoms with van der Waals surface area (Å²) in [5, 5.41) is 12.9. The molecule has 27 heavy (non-hydrogen) atoms. The lowest BCUT2D eigenvalue weighted by molar-refractivity contribution is 0.475. The molecule has 0 radical (unpaired) electrons. The van der Waals surface area contributed by atoms with Crippen LogP contribution in [0, 0.1) is 6.92 Å². The number of aryl methyl sites for hydroxylation is 2. The Bertz CT molecular complexity index is 1220. The van der Waals surface area contributed by atoms with E-state index < -0.39 is 0 Å². The predicted octanol–water partition coefficient (Wildman–Crippen LogP) is 2.74. The van der Waals surface area contributed by atoms with E-state index in [0.29, 0.717) is 29.6 Å². The highest BCUT2D eigenvalue weighted by atomic mass is 16.3. The summed E-state index contributed by atoms with van der Waals surface area (Å²) in [4.78, 5) is 25.5. The van der Waals surface area contributed by atoms with Gasteiger partial charge in [0.15, 0.2) is 0 Å². The number of para-hydroxylation sites is 1. The first-order chi connectivity index (χ1) is 13.0. The zero-order valence-electron chi connectivity index (χ0n) is 14.8. The summed E-state index contributed by atoms with van der Waals surface area (Å²) in [6.45, 7) is 2.26. The van der Waals surface area contributed by atoms with E-state index in [2.05, 4.69) is 5.10 Å². The van der Waals surface area contributed by atoms with E-state index in [9.17, 15) is 14.7 Å². The van der Waals surface area contributed by atoms with Gasteiger partial charge in [-0.15, -0.1) is 0 Å². The van der Waals surface area contributed by atoms with Crippen LogP contribution in [0.2, 0.25) is 0 Å². The van der Waals surface area contributed by atoms with Gasteiger partial charge >= 0.3 is 0 Å². The van der Waals surface area contributed by atoms with Crippen molar-refractivity contribution < 1.29 is 5.11 Å². The number of phenolic OH excluding ortho intramolecular Hbond substituents is 1. The molecule has 136 valence electrons. The Balaban J connectivity index is 1.76. The van der Waals surface area contributed by atoms with Crippen molar-refractivity contribution in [1.82, 2.24) is 14.3 Å². The molecule has 0 atom stereocenters. The van der Waals surface area contributed by atoms with Crippen molar-refractivity contribution in [2.75, 3.05) is 0 Å². The minimum Gasteiger partial charge on any atom is -0.508 e. The summed E-state index contributed by atoms with van der Waals surface area (Å²) in [7, 11) is 0. The number of aromatic amines is 1. The van der Waals surface area contributed by atoms with Gasteiger partial charge in [-0.3, -0.25) is 14.7 Å². The number of aromatic nitrogens is 3. The first-order valence-electron chi connectivity index (χ1n) is 8.73. The average Bonchev–Trinajstić information content (AvgIpc) is 3.00. The van der Waals surface area contributed by atoms with E-state index in [0.717, 1.165) is 11.3 Å². The molecular weight excluding hydrogens is 342 g/mol. The highest BCUT2D eigenvalue weighted by Gasteiger charge is 2.15. The number of fused-ring (bicyclic) bond motifs is 1. The van der Waals surface area contributed by atoms with E-state index in [1.165, 1.54) is 10.7 Å². The molecule has 6 nitrogen and oxygen atoms in total. The quantitative estimate of drug-likeness (QED) is 0.586. The number of benzene rings is 2. The van der Waals surface area contributed by atoms with Crippen molar-refractivity contribution in [2.45, 2.75) is 19.9 Å². The van der Waals surface area contributed by atoms with Crippen LogP contribution in [-0.4, -0.2) is 19.5 Å². The second-order valence-electron chi connectivity index (χ2n) is 6.51. The molecule has 4 rings (SSSR count). The molecule has 2 heterocycles. The normalized spacial score (nSPS) is 11.1. The molecule has 2 aromatic heterocycles. The summed E-state index contributed by atoms with van der Waals surface area (Å²) >= 11 is 0. The topological polar surface area (TPSA) is 80.0 Å². The molecule has 0 saturated heterocycles. The number of nitrogens with zero attached hydrogens (tertiary/aromatic N) is 2. The highest BCUT2D eigenvalue weighted by molar-refractivity contribution is 5.80. The lowest BCUT2D eigenvalue weighted by Crippen LogP contribution is -2.24. The fourth-order valence-electron chi connectivity index (χ4n) is 3.35. The van der Waals surface area contributed by atoms with Crippen LogP contribution in [0.15, 0.2) is 70.3 Å². The number of rotatable bonds is 4. The largest absolute Gasteiger partial charge is 0.508 e. The molecule has 0 spiro atoms. The van der Waals surface area contributed by atoms with E-state index in [4.69, 9.17) is 0 Å². The maximum absolute atomic E-state index is 12.9. The Hall–Kier alpha value is -3.54. The van der Waals surface area contributed by atoms with E-state index >= 15 is 0 Å². The Morgan fingerprint density at radius 3 is 2.41 bits per heavy atom. The third kappa shape index (κ3) is 3.06. The summed E-state index contributed by atoms with van der Waals surface area (Å²) in [5.74, 6) is 0.210. The zero-order chi connectivity index (χ0) is 19.0. The molecule has 2 aromatic carbocycles. The second-order valence-corrected chi connectivity index (χ2v) is 6.51. The van der Waals surface area contributed by atoms with Gasteiger partial charge in [0.05, 0.1) is 16.6 Å². The molecule has 4 aromatic rings. The summed E-state index contributed by atoms with van der Waals surface area (Å²) in [6, 6.07) is 17.6. The Morgan fingerprint density at radius 2 is 1.70 bits per heavy atom. The number of phenols is 1. The third-order valence-electron chi connectivity index (χ3n) is 4.79. The van der Waals surface area contributed by atoms with Gasteiger partial charge in [0.1, 0.15) is 5.75 Å². The monoisotopic (exact) mass is 361 g/mol. The molecule has 0 aliphatic heterocycles. The third-order valence-corrected chi connectivity index (χ3v) is 4.79. The maximum atomic E-state index is 12.9. The van der Waals surface area contributed by atoms with Gasteiger partial charge in [-0.2, -0.15) is 0 Å². The highest BCUT2D eigenvalue weighted by Crippen LogP contribution is 2.15. The first kappa shape index (κ1) is 16.9. The number of hydrogen-bond acceptors (Lipinski definition) is 3. The van der Waals surface area contributed by atoms with E-state index in [-0.39, 0.29) is 16.9 Å². The SMILES string of the molecule is Cc1c2c(=O)n(-c3ccccc3)[nH]c2cc(=O)n1CCc1ccc(O)cc1. The lowest BCUT2D eigenvalue weighted by atomic mass is 10.1. The van der Waals surface area contributed by atoms with E-state index in [1.54, 1.807) is 23.6 Å². The molecule has 0 aliphatic rings. The molecular formula is C21H19N3O3. The summed E-state index contributed by atoms with van der Waals surface area (Å²) in [5.41, 5.74) is 2.59. The standard InChI is InChI=1S/C21H19N3O3/c1-14-20-18(22-24(21(20)27)16-5-3-2-4-6-16)13-19(26)23(14)12-11-15-7-9-17(25)10-8-15/h2-10,13,22,25H,11-12H2,1H3. The molecule has 0 aliphatic carbocycles. The van der Waals surface area contributed by atoms with Gasteiger partial charge in [-0.1, -0.05) is 30.3 Å². The minimum atomic E-state index is -0.174. The summed E-state index contributed by atoms with van der Waals surface area (Å²) < 4.78 is 3.08. The molecule has 0 unspecified atom stereocenters. The number of nitrogens with one attached hydrogen (secondary N) is 1. The van der Waals surface area contributed by atoms with Crippen LogP contribution in [0.3, 0.4) is 0 Å². The van der Waals surface area contributed by atoms with Crippen molar-refractivity contribution in [1.29, 1.82) is 0 Å². The number of pyridine rings is 1. The second kappa shape index (κ2) is 6.64. The van der Waals surface area contributed by atoms with Crippen LogP contribution < -0.4 is 11.1 Å². The van der Waals surface area contributed by atoms with Crippen LogP contribution >= 0.6 is 0 Å². The number of H-pyrrole nitrogens is 1. The van der Waals surface area contributed by atoms with Crippen LogP contribution in [0.1, 0.15) is 11.3 Å². The minimum absolute atomic E-state index is 0.153. The van der Waals surface area contributed by atoms with Crippen LogP contribution in [0.25, 0.3) is 16.6 Å². The molecule has 0 amide bonds. The number of aromatic hydroxyl groups is 1. The van der Waals surface area contributed by atoms with Crippen molar-refractivity contribution in [3.8, 4) is 11.4 Å². The van der Waals surface area contributed by atoms with Gasteiger partial charge in [0.2, 0.25) is 0 Å². The van der Waals surface area contributed by atoms with Crippen LogP contribution in [-0.2, 0) is 13.0 Å². The lowest BCUT2D eigenvalue weighted by Gasteiger charge is -2.10. The van der Waals surface area contributed by atoms with E-state index in [1.807, 2.05) is 42.5 Å². The van der Waals surface area contributed by atoms with Gasteiger partial charge in [0.25, 0.3) is 11.1 Å². The molecule has 0 fully saturated rings. The fraction of sp³-hybridized carbons (Fsp3) is 0.143. The maximum Gasteiger partial charge on any atom is 0.280 e. The Kier molecular flexibility index (Phi) is 4.16. The molecule has 2 N–H and O–H groups in total. The Morgan fingerprint density at radius 1 is 1.00 bits per heavy atom. The van der Waals surface area contributed by atoms with Crippen molar-refractivity contribution in [3.05, 3.63) is 92.6 Å². The molecule has 0 saturated carbocycles. The van der Waals surface area contributed by atoms with Crippen LogP contribution in [0.4, 0.5) is 0 Å².